The quantitative estimate of drug-likeness (QED) is 0.370. The summed E-state index contributed by atoms with van der Waals surface area (Å²) in [7, 11) is 4.17. The lowest BCUT2D eigenvalue weighted by Crippen LogP contribution is -2.31. The van der Waals surface area contributed by atoms with Crippen LogP contribution in [0.3, 0.4) is 0 Å². The van der Waals surface area contributed by atoms with Crippen molar-refractivity contribution in [2.45, 2.75) is 13.1 Å². The second-order valence-electron chi connectivity index (χ2n) is 8.36. The molecule has 4 aromatic rings. The van der Waals surface area contributed by atoms with Crippen LogP contribution in [0.25, 0.3) is 22.0 Å². The van der Waals surface area contributed by atoms with Gasteiger partial charge in [0.15, 0.2) is 0 Å². The van der Waals surface area contributed by atoms with Crippen molar-refractivity contribution in [2.75, 3.05) is 27.2 Å². The summed E-state index contributed by atoms with van der Waals surface area (Å²) >= 11 is 6.16. The Morgan fingerprint density at radius 1 is 0.875 bits per heavy atom. The predicted octanol–water partition coefficient (Wildman–Crippen LogP) is 5.82. The summed E-state index contributed by atoms with van der Waals surface area (Å²) in [5.74, 6) is 0.318. The zero-order valence-electron chi connectivity index (χ0n) is 18.5. The van der Waals surface area contributed by atoms with Crippen molar-refractivity contribution in [2.24, 2.45) is 0 Å². The number of likely N-dealkylation sites (N-methyl/N-ethyl adjacent to an activating group) is 1. The maximum absolute atomic E-state index is 10.7. The van der Waals surface area contributed by atoms with E-state index in [9.17, 15) is 5.11 Å². The van der Waals surface area contributed by atoms with Gasteiger partial charge in [0, 0.05) is 48.3 Å². The van der Waals surface area contributed by atoms with Crippen molar-refractivity contribution in [3.63, 3.8) is 0 Å². The van der Waals surface area contributed by atoms with Gasteiger partial charge in [0.05, 0.1) is 5.52 Å². The van der Waals surface area contributed by atoms with Crippen LogP contribution in [0.1, 0.15) is 11.1 Å². The average molecular weight is 446 g/mol. The molecule has 1 N–H and O–H groups in total. The molecule has 0 atom stereocenters. The largest absolute Gasteiger partial charge is 0.508 e. The molecule has 32 heavy (non-hydrogen) atoms. The van der Waals surface area contributed by atoms with Crippen LogP contribution in [0.4, 0.5) is 0 Å². The number of phenolic OH excluding ortho intramolecular Hbond substituents is 1. The maximum Gasteiger partial charge on any atom is 0.120 e. The first-order chi connectivity index (χ1) is 15.5. The van der Waals surface area contributed by atoms with Crippen LogP contribution in [-0.2, 0) is 13.1 Å². The van der Waals surface area contributed by atoms with Gasteiger partial charge in [0.1, 0.15) is 5.75 Å². The summed E-state index contributed by atoms with van der Waals surface area (Å²) in [6.07, 6.45) is 1.80. The second-order valence-corrected chi connectivity index (χ2v) is 8.80. The first kappa shape index (κ1) is 22.3. The molecule has 0 bridgehead atoms. The third-order valence-corrected chi connectivity index (χ3v) is 5.84. The number of benzene rings is 3. The van der Waals surface area contributed by atoms with Gasteiger partial charge in [-0.3, -0.25) is 9.88 Å². The highest BCUT2D eigenvalue weighted by Crippen LogP contribution is 2.32. The monoisotopic (exact) mass is 445 g/mol. The third kappa shape index (κ3) is 5.46. The van der Waals surface area contributed by atoms with E-state index < -0.39 is 0 Å². The standard InChI is InChI=1S/C27H28ClN3O/c1-30(2)14-15-31(18-20-6-4-3-5-7-20)19-22-16-21(8-11-27(22)32)24-12-13-29-26-17-23(28)9-10-25(24)26/h3-13,16-17,32H,14-15,18-19H2,1-2H3. The molecule has 0 aliphatic rings. The number of fused-ring (bicyclic) bond motifs is 1. The normalized spacial score (nSPS) is 11.5. The average Bonchev–Trinajstić information content (AvgIpc) is 2.79. The van der Waals surface area contributed by atoms with Crippen LogP contribution in [0.15, 0.2) is 79.0 Å². The summed E-state index contributed by atoms with van der Waals surface area (Å²) in [4.78, 5) is 9.01. The van der Waals surface area contributed by atoms with Crippen LogP contribution in [0.2, 0.25) is 5.02 Å². The van der Waals surface area contributed by atoms with Crippen LogP contribution in [-0.4, -0.2) is 47.1 Å². The molecule has 164 valence electrons. The fourth-order valence-corrected chi connectivity index (χ4v) is 4.06. The zero-order valence-corrected chi connectivity index (χ0v) is 19.3. The molecule has 1 heterocycles. The Balaban J connectivity index is 1.65. The number of halogens is 1. The Kier molecular flexibility index (Phi) is 7.05. The topological polar surface area (TPSA) is 39.6 Å². The van der Waals surface area contributed by atoms with E-state index >= 15 is 0 Å². The molecule has 1 aromatic heterocycles. The third-order valence-electron chi connectivity index (χ3n) is 5.60. The van der Waals surface area contributed by atoms with E-state index in [0.717, 1.165) is 47.2 Å². The lowest BCUT2D eigenvalue weighted by molar-refractivity contribution is 0.224. The molecule has 0 unspecified atom stereocenters. The number of rotatable bonds is 8. The summed E-state index contributed by atoms with van der Waals surface area (Å²) in [5, 5.41) is 12.4. The van der Waals surface area contributed by atoms with Crippen molar-refractivity contribution >= 4 is 22.5 Å². The number of hydrogen-bond acceptors (Lipinski definition) is 4. The van der Waals surface area contributed by atoms with Gasteiger partial charge in [-0.25, -0.2) is 0 Å². The highest BCUT2D eigenvalue weighted by Gasteiger charge is 2.13. The molecule has 4 nitrogen and oxygen atoms in total. The lowest BCUT2D eigenvalue weighted by Gasteiger charge is -2.25. The maximum atomic E-state index is 10.7. The summed E-state index contributed by atoms with van der Waals surface area (Å²) in [6, 6.07) is 24.1. The van der Waals surface area contributed by atoms with Gasteiger partial charge >= 0.3 is 0 Å². The van der Waals surface area contributed by atoms with E-state index in [4.69, 9.17) is 11.6 Å². The molecular formula is C27H28ClN3O. The SMILES string of the molecule is CN(C)CCN(Cc1ccccc1)Cc1cc(-c2ccnc3cc(Cl)ccc23)ccc1O. The fourth-order valence-electron chi connectivity index (χ4n) is 3.89. The van der Waals surface area contributed by atoms with E-state index in [1.165, 1.54) is 5.56 Å². The van der Waals surface area contributed by atoms with Crippen molar-refractivity contribution in [3.05, 3.63) is 95.1 Å². The summed E-state index contributed by atoms with van der Waals surface area (Å²) in [6.45, 7) is 3.34. The van der Waals surface area contributed by atoms with Crippen LogP contribution in [0, 0.1) is 0 Å². The van der Waals surface area contributed by atoms with E-state index in [-0.39, 0.29) is 0 Å². The van der Waals surface area contributed by atoms with E-state index in [1.807, 2.05) is 36.4 Å². The highest BCUT2D eigenvalue weighted by atomic mass is 35.5. The molecule has 0 saturated heterocycles. The first-order valence-corrected chi connectivity index (χ1v) is 11.1. The second kappa shape index (κ2) is 10.1. The highest BCUT2D eigenvalue weighted by molar-refractivity contribution is 6.31. The molecule has 0 aliphatic heterocycles. The Bertz CT molecular complexity index is 1190. The Morgan fingerprint density at radius 2 is 1.69 bits per heavy atom. The van der Waals surface area contributed by atoms with E-state index in [0.29, 0.717) is 17.3 Å². The number of aromatic hydroxyl groups is 1. The van der Waals surface area contributed by atoms with Crippen molar-refractivity contribution in [1.82, 2.24) is 14.8 Å². The molecule has 0 radical (unpaired) electrons. The van der Waals surface area contributed by atoms with Gasteiger partial charge in [-0.1, -0.05) is 54.1 Å². The van der Waals surface area contributed by atoms with Gasteiger partial charge in [-0.05, 0) is 61.1 Å². The van der Waals surface area contributed by atoms with Crippen LogP contribution in [0.5, 0.6) is 5.75 Å². The van der Waals surface area contributed by atoms with Gasteiger partial charge in [-0.2, -0.15) is 0 Å². The fraction of sp³-hybridized carbons (Fsp3) is 0.222. The minimum atomic E-state index is 0.318. The van der Waals surface area contributed by atoms with Gasteiger partial charge in [0.25, 0.3) is 0 Å². The molecule has 4 rings (SSSR count). The Labute approximate surface area is 194 Å². The lowest BCUT2D eigenvalue weighted by atomic mass is 9.99. The van der Waals surface area contributed by atoms with Crippen LogP contribution < -0.4 is 0 Å². The van der Waals surface area contributed by atoms with Crippen molar-refractivity contribution < 1.29 is 5.11 Å². The molecule has 5 heteroatoms. The number of phenols is 1. The zero-order chi connectivity index (χ0) is 22.5. The summed E-state index contributed by atoms with van der Waals surface area (Å²) < 4.78 is 0. The van der Waals surface area contributed by atoms with Crippen molar-refractivity contribution in [3.8, 4) is 16.9 Å². The van der Waals surface area contributed by atoms with Crippen molar-refractivity contribution in [1.29, 1.82) is 0 Å². The minimum Gasteiger partial charge on any atom is -0.508 e. The molecule has 3 aromatic carbocycles. The molecule has 0 saturated carbocycles. The Hall–Kier alpha value is -2.92. The minimum absolute atomic E-state index is 0.318. The number of nitrogens with zero attached hydrogens (tertiary/aromatic N) is 3. The smallest absolute Gasteiger partial charge is 0.120 e. The molecule has 0 spiro atoms. The van der Waals surface area contributed by atoms with Gasteiger partial charge in [-0.15, -0.1) is 0 Å². The number of aromatic nitrogens is 1. The summed E-state index contributed by atoms with van der Waals surface area (Å²) in [5.41, 5.74) is 5.17. The predicted molar refractivity (Wildman–Crippen MR) is 133 cm³/mol. The molecule has 0 fully saturated rings. The van der Waals surface area contributed by atoms with Crippen LogP contribution >= 0.6 is 11.6 Å². The Morgan fingerprint density at radius 3 is 2.47 bits per heavy atom. The molecule has 0 aliphatic carbocycles. The first-order valence-electron chi connectivity index (χ1n) is 10.8. The van der Waals surface area contributed by atoms with Gasteiger partial charge in [0.2, 0.25) is 0 Å². The van der Waals surface area contributed by atoms with Gasteiger partial charge < -0.3 is 10.0 Å². The molecular weight excluding hydrogens is 418 g/mol. The molecule has 0 amide bonds. The van der Waals surface area contributed by atoms with E-state index in [2.05, 4.69) is 59.2 Å². The number of hydrogen-bond donors (Lipinski definition) is 1. The number of pyridine rings is 1. The van der Waals surface area contributed by atoms with E-state index in [1.54, 1.807) is 12.3 Å².